The molecule has 0 saturated heterocycles. The van der Waals surface area contributed by atoms with Crippen LogP contribution in [0.25, 0.3) is 0 Å². The van der Waals surface area contributed by atoms with E-state index in [4.69, 9.17) is 15.9 Å². The van der Waals surface area contributed by atoms with E-state index < -0.39 is 60.2 Å². The van der Waals surface area contributed by atoms with Crippen LogP contribution in [0.1, 0.15) is 40.5 Å². The predicted octanol–water partition coefficient (Wildman–Crippen LogP) is -1.04. The van der Waals surface area contributed by atoms with Gasteiger partial charge in [0.1, 0.15) is 18.1 Å². The molecule has 12 heteroatoms. The molecule has 0 fully saturated rings. The van der Waals surface area contributed by atoms with Crippen molar-refractivity contribution in [2.24, 2.45) is 17.6 Å². The van der Waals surface area contributed by atoms with Gasteiger partial charge in [-0.2, -0.15) is 12.6 Å². The maximum atomic E-state index is 12.8. The Labute approximate surface area is 180 Å². The number of aliphatic carboxylic acids is 2. The van der Waals surface area contributed by atoms with Gasteiger partial charge in [-0.1, -0.05) is 34.1 Å². The lowest BCUT2D eigenvalue weighted by Crippen LogP contribution is -2.59. The van der Waals surface area contributed by atoms with Crippen LogP contribution >= 0.6 is 12.6 Å². The highest BCUT2D eigenvalue weighted by Gasteiger charge is 2.33. The molecule has 0 aromatic rings. The number of carbonyl (C=O) groups excluding carboxylic acids is 3. The van der Waals surface area contributed by atoms with Gasteiger partial charge in [0.25, 0.3) is 0 Å². The van der Waals surface area contributed by atoms with Gasteiger partial charge in [0.15, 0.2) is 0 Å². The van der Waals surface area contributed by atoms with Gasteiger partial charge in [-0.3, -0.25) is 19.2 Å². The number of nitrogens with two attached hydrogens (primary N) is 1. The number of nitrogens with one attached hydrogen (secondary N) is 3. The van der Waals surface area contributed by atoms with E-state index in [1.165, 1.54) is 0 Å². The highest BCUT2D eigenvalue weighted by molar-refractivity contribution is 7.80. The summed E-state index contributed by atoms with van der Waals surface area (Å²) in [6, 6.07) is -4.81. The summed E-state index contributed by atoms with van der Waals surface area (Å²) < 4.78 is 0. The molecule has 0 heterocycles. The fourth-order valence-electron chi connectivity index (χ4n) is 2.36. The van der Waals surface area contributed by atoms with Gasteiger partial charge in [0.2, 0.25) is 17.7 Å². The van der Waals surface area contributed by atoms with E-state index in [1.807, 2.05) is 0 Å². The minimum Gasteiger partial charge on any atom is -0.481 e. The molecule has 0 rings (SSSR count). The molecule has 0 radical (unpaired) electrons. The molecule has 0 aliphatic heterocycles. The van der Waals surface area contributed by atoms with Crippen molar-refractivity contribution in [3.05, 3.63) is 0 Å². The third-order valence-electron chi connectivity index (χ3n) is 4.62. The Morgan fingerprint density at radius 1 is 0.900 bits per heavy atom. The minimum atomic E-state index is -1.54. The van der Waals surface area contributed by atoms with Crippen molar-refractivity contribution in [2.75, 3.05) is 5.75 Å². The van der Waals surface area contributed by atoms with E-state index >= 15 is 0 Å². The maximum Gasteiger partial charge on any atom is 0.327 e. The van der Waals surface area contributed by atoms with Crippen LogP contribution in [0.3, 0.4) is 0 Å². The number of rotatable bonds is 13. The average molecular weight is 449 g/mol. The highest BCUT2D eigenvalue weighted by Crippen LogP contribution is 2.10. The Bertz CT molecular complexity index is 644. The fraction of sp³-hybridized carbons (Fsp3) is 0.722. The van der Waals surface area contributed by atoms with E-state index in [2.05, 4.69) is 28.6 Å². The first-order valence-corrected chi connectivity index (χ1v) is 10.2. The summed E-state index contributed by atoms with van der Waals surface area (Å²) in [6.07, 6.45) is -0.269. The highest BCUT2D eigenvalue weighted by atomic mass is 32.1. The standard InChI is InChI=1S/C18H32N4O7S/c1-5-9(4)14(22-16(26)13(19)8(2)3)17(27)20-10(6-12(23)24)15(25)21-11(7-30)18(28)29/h8-11,13-14,30H,5-7,19H2,1-4H3,(H,20,27)(H,21,25)(H,22,26)(H,23,24)(H,28,29). The van der Waals surface area contributed by atoms with Crippen molar-refractivity contribution in [2.45, 2.75) is 64.7 Å². The largest absolute Gasteiger partial charge is 0.481 e. The van der Waals surface area contributed by atoms with Crippen molar-refractivity contribution in [1.82, 2.24) is 16.0 Å². The van der Waals surface area contributed by atoms with Gasteiger partial charge in [-0.15, -0.1) is 0 Å². The Morgan fingerprint density at radius 2 is 1.43 bits per heavy atom. The molecule has 0 saturated carbocycles. The predicted molar refractivity (Wildman–Crippen MR) is 112 cm³/mol. The second kappa shape index (κ2) is 13.1. The van der Waals surface area contributed by atoms with Crippen LogP contribution in [0.15, 0.2) is 0 Å². The van der Waals surface area contributed by atoms with Crippen LogP contribution in [0.5, 0.6) is 0 Å². The number of carbonyl (C=O) groups is 5. The monoisotopic (exact) mass is 448 g/mol. The summed E-state index contributed by atoms with van der Waals surface area (Å²) in [4.78, 5) is 59.7. The van der Waals surface area contributed by atoms with Gasteiger partial charge in [-0.05, 0) is 11.8 Å². The molecular formula is C18H32N4O7S. The smallest absolute Gasteiger partial charge is 0.327 e. The zero-order chi connectivity index (χ0) is 23.6. The molecular weight excluding hydrogens is 416 g/mol. The van der Waals surface area contributed by atoms with Crippen LogP contribution in [0.2, 0.25) is 0 Å². The number of hydrogen-bond donors (Lipinski definition) is 7. The van der Waals surface area contributed by atoms with Gasteiger partial charge in [-0.25, -0.2) is 4.79 Å². The first kappa shape index (κ1) is 27.7. The number of thiol groups is 1. The lowest BCUT2D eigenvalue weighted by Gasteiger charge is -2.28. The van der Waals surface area contributed by atoms with E-state index in [0.29, 0.717) is 6.42 Å². The molecule has 0 aromatic heterocycles. The summed E-state index contributed by atoms with van der Waals surface area (Å²) in [5.41, 5.74) is 5.82. The lowest BCUT2D eigenvalue weighted by atomic mass is 9.96. The van der Waals surface area contributed by atoms with Crippen molar-refractivity contribution in [1.29, 1.82) is 0 Å². The van der Waals surface area contributed by atoms with Crippen LogP contribution in [0, 0.1) is 11.8 Å². The van der Waals surface area contributed by atoms with Crippen LogP contribution < -0.4 is 21.7 Å². The molecule has 30 heavy (non-hydrogen) atoms. The van der Waals surface area contributed by atoms with E-state index in [-0.39, 0.29) is 17.6 Å². The number of carboxylic acid groups (broad SMARTS) is 2. The Morgan fingerprint density at radius 3 is 1.83 bits per heavy atom. The Balaban J connectivity index is 5.51. The molecule has 3 amide bonds. The quantitative estimate of drug-likeness (QED) is 0.174. The number of amides is 3. The first-order valence-electron chi connectivity index (χ1n) is 9.57. The number of carboxylic acids is 2. The molecule has 0 aliphatic rings. The molecule has 0 spiro atoms. The Hall–Kier alpha value is -2.34. The topological polar surface area (TPSA) is 188 Å². The number of hydrogen-bond acceptors (Lipinski definition) is 7. The third-order valence-corrected chi connectivity index (χ3v) is 4.99. The van der Waals surface area contributed by atoms with E-state index in [0.717, 1.165) is 0 Å². The molecule has 5 atom stereocenters. The van der Waals surface area contributed by atoms with Gasteiger partial charge >= 0.3 is 11.9 Å². The van der Waals surface area contributed by atoms with Gasteiger partial charge < -0.3 is 31.9 Å². The summed E-state index contributed by atoms with van der Waals surface area (Å²) >= 11 is 3.82. The Kier molecular flexibility index (Phi) is 12.0. The molecule has 0 aliphatic carbocycles. The zero-order valence-electron chi connectivity index (χ0n) is 17.5. The second-order valence-corrected chi connectivity index (χ2v) is 7.75. The van der Waals surface area contributed by atoms with Gasteiger partial charge in [0.05, 0.1) is 12.5 Å². The van der Waals surface area contributed by atoms with Gasteiger partial charge in [0, 0.05) is 5.75 Å². The summed E-state index contributed by atoms with van der Waals surface area (Å²) in [5, 5.41) is 25.1. The second-order valence-electron chi connectivity index (χ2n) is 7.38. The molecule has 7 N–H and O–H groups in total. The van der Waals surface area contributed by atoms with E-state index in [1.54, 1.807) is 27.7 Å². The molecule has 172 valence electrons. The molecule has 11 nitrogen and oxygen atoms in total. The lowest BCUT2D eigenvalue weighted by molar-refractivity contribution is -0.143. The summed E-state index contributed by atoms with van der Waals surface area (Å²) in [7, 11) is 0. The van der Waals surface area contributed by atoms with Crippen LogP contribution in [-0.4, -0.2) is 69.8 Å². The van der Waals surface area contributed by atoms with E-state index in [9.17, 15) is 24.0 Å². The van der Waals surface area contributed by atoms with Crippen molar-refractivity contribution < 1.29 is 34.2 Å². The van der Waals surface area contributed by atoms with Crippen LogP contribution in [0.4, 0.5) is 0 Å². The summed E-state index contributed by atoms with van der Waals surface area (Å²) in [5.74, 6) is -5.78. The maximum absolute atomic E-state index is 12.8. The molecule has 0 aromatic carbocycles. The van der Waals surface area contributed by atoms with Crippen molar-refractivity contribution in [3.63, 3.8) is 0 Å². The third kappa shape index (κ3) is 8.99. The molecule has 0 bridgehead atoms. The first-order chi connectivity index (χ1) is 13.8. The summed E-state index contributed by atoms with van der Waals surface area (Å²) in [6.45, 7) is 7.00. The minimum absolute atomic E-state index is 0.176. The van der Waals surface area contributed by atoms with Crippen LogP contribution in [-0.2, 0) is 24.0 Å². The fourth-order valence-corrected chi connectivity index (χ4v) is 2.60. The van der Waals surface area contributed by atoms with Crippen molar-refractivity contribution in [3.8, 4) is 0 Å². The van der Waals surface area contributed by atoms with Crippen molar-refractivity contribution >= 4 is 42.3 Å². The average Bonchev–Trinajstić information content (AvgIpc) is 2.66. The molecule has 5 unspecified atom stereocenters. The SMILES string of the molecule is CCC(C)C(NC(=O)C(N)C(C)C)C(=O)NC(CC(=O)O)C(=O)NC(CS)C(=O)O. The normalized spacial score (nSPS) is 16.0. The zero-order valence-corrected chi connectivity index (χ0v) is 18.4.